The summed E-state index contributed by atoms with van der Waals surface area (Å²) in [5.74, 6) is 0.943. The van der Waals surface area contributed by atoms with Crippen LogP contribution in [-0.4, -0.2) is 16.9 Å². The van der Waals surface area contributed by atoms with Crippen LogP contribution in [0.5, 0.6) is 0 Å². The lowest BCUT2D eigenvalue weighted by molar-refractivity contribution is 0.751. The molecule has 1 N–H and O–H groups in total. The van der Waals surface area contributed by atoms with Gasteiger partial charge in [-0.05, 0) is 47.3 Å². The highest BCUT2D eigenvalue weighted by Gasteiger charge is 2.03. The summed E-state index contributed by atoms with van der Waals surface area (Å²) < 4.78 is 1.01. The Bertz CT molecular complexity index is 317. The molecule has 1 rings (SSSR count). The van der Waals surface area contributed by atoms with E-state index in [1.165, 1.54) is 0 Å². The summed E-state index contributed by atoms with van der Waals surface area (Å²) in [6.45, 7) is 5.01. The number of nitrogens with zero attached hydrogens (tertiary/aromatic N) is 1. The molecule has 84 valence electrons. The predicted octanol–water partition coefficient (Wildman–Crippen LogP) is 3.97. The molecule has 0 amide bonds. The first-order chi connectivity index (χ1) is 7.13. The summed E-state index contributed by atoms with van der Waals surface area (Å²) >= 11 is 9.42. The Morgan fingerprint density at radius 1 is 1.60 bits per heavy atom. The number of hydrogen-bond acceptors (Lipinski definition) is 2. The number of nitrogens with one attached hydrogen (secondary N) is 1. The van der Waals surface area contributed by atoms with Gasteiger partial charge in [0.15, 0.2) is 0 Å². The molecule has 0 aliphatic carbocycles. The van der Waals surface area contributed by atoms with Crippen molar-refractivity contribution in [3.8, 4) is 0 Å². The normalized spacial score (nSPS) is 12.5. The predicted molar refractivity (Wildman–Crippen MR) is 69.7 cm³/mol. The summed E-state index contributed by atoms with van der Waals surface area (Å²) in [6.07, 6.45) is 3.78. The van der Waals surface area contributed by atoms with Gasteiger partial charge in [-0.25, -0.2) is 4.98 Å². The van der Waals surface area contributed by atoms with Crippen molar-refractivity contribution in [1.29, 1.82) is 0 Å². The Balaban J connectivity index is 2.44. The first kappa shape index (κ1) is 12.8. The Hall–Kier alpha value is -0.280. The zero-order valence-corrected chi connectivity index (χ0v) is 11.4. The minimum atomic E-state index is 0.258. The van der Waals surface area contributed by atoms with Gasteiger partial charge in [0.05, 0.1) is 0 Å². The van der Waals surface area contributed by atoms with Gasteiger partial charge < -0.3 is 5.32 Å². The Morgan fingerprint density at radius 3 is 2.93 bits per heavy atom. The Morgan fingerprint density at radius 2 is 2.33 bits per heavy atom. The third-order valence-corrected chi connectivity index (χ3v) is 3.20. The third-order valence-electron chi connectivity index (χ3n) is 2.24. The van der Waals surface area contributed by atoms with Crippen molar-refractivity contribution in [3.63, 3.8) is 0 Å². The SMILES string of the molecule is CCC(Cl)CCNc1ncc(Br)cc1C. The lowest BCUT2D eigenvalue weighted by Gasteiger charge is -2.10. The van der Waals surface area contributed by atoms with Crippen molar-refractivity contribution in [3.05, 3.63) is 22.3 Å². The fourth-order valence-electron chi connectivity index (χ4n) is 1.28. The van der Waals surface area contributed by atoms with Gasteiger partial charge in [-0.2, -0.15) is 0 Å². The number of pyridine rings is 1. The largest absolute Gasteiger partial charge is 0.370 e. The van der Waals surface area contributed by atoms with Gasteiger partial charge in [-0.15, -0.1) is 11.6 Å². The van der Waals surface area contributed by atoms with Gasteiger partial charge in [0.1, 0.15) is 5.82 Å². The number of aryl methyl sites for hydroxylation is 1. The molecular formula is C11H16BrClN2. The average Bonchev–Trinajstić information content (AvgIpc) is 2.21. The Kier molecular flexibility index (Phi) is 5.40. The average molecular weight is 292 g/mol. The fourth-order valence-corrected chi connectivity index (χ4v) is 1.83. The quantitative estimate of drug-likeness (QED) is 0.830. The lowest BCUT2D eigenvalue weighted by Crippen LogP contribution is -2.09. The molecule has 1 unspecified atom stereocenters. The molecule has 1 aromatic heterocycles. The monoisotopic (exact) mass is 290 g/mol. The van der Waals surface area contributed by atoms with E-state index in [9.17, 15) is 0 Å². The van der Waals surface area contributed by atoms with Gasteiger partial charge >= 0.3 is 0 Å². The van der Waals surface area contributed by atoms with Crippen molar-refractivity contribution < 1.29 is 0 Å². The summed E-state index contributed by atoms with van der Waals surface area (Å²) in [7, 11) is 0. The highest BCUT2D eigenvalue weighted by atomic mass is 79.9. The van der Waals surface area contributed by atoms with Gasteiger partial charge in [-0.1, -0.05) is 6.92 Å². The maximum Gasteiger partial charge on any atom is 0.128 e. The molecule has 0 bridgehead atoms. The summed E-state index contributed by atoms with van der Waals surface area (Å²) in [5, 5.41) is 3.55. The van der Waals surface area contributed by atoms with Crippen molar-refractivity contribution >= 4 is 33.3 Å². The zero-order valence-electron chi connectivity index (χ0n) is 9.06. The maximum absolute atomic E-state index is 6.03. The van der Waals surface area contributed by atoms with E-state index < -0.39 is 0 Å². The molecule has 0 fully saturated rings. The minimum Gasteiger partial charge on any atom is -0.370 e. The topological polar surface area (TPSA) is 24.9 Å². The molecule has 0 saturated heterocycles. The van der Waals surface area contributed by atoms with Crippen molar-refractivity contribution in [2.24, 2.45) is 0 Å². The van der Waals surface area contributed by atoms with E-state index in [0.717, 1.165) is 35.2 Å². The van der Waals surface area contributed by atoms with Crippen LogP contribution in [0.2, 0.25) is 0 Å². The van der Waals surface area contributed by atoms with Gasteiger partial charge in [0, 0.05) is 22.6 Å². The maximum atomic E-state index is 6.03. The molecule has 0 saturated carbocycles. The number of hydrogen-bond donors (Lipinski definition) is 1. The molecule has 2 nitrogen and oxygen atoms in total. The first-order valence-electron chi connectivity index (χ1n) is 5.13. The van der Waals surface area contributed by atoms with Crippen LogP contribution >= 0.6 is 27.5 Å². The number of halogens is 2. The van der Waals surface area contributed by atoms with E-state index in [1.54, 1.807) is 6.20 Å². The molecule has 0 radical (unpaired) electrons. The highest BCUT2D eigenvalue weighted by molar-refractivity contribution is 9.10. The second-order valence-electron chi connectivity index (χ2n) is 3.54. The van der Waals surface area contributed by atoms with Crippen LogP contribution in [-0.2, 0) is 0 Å². The van der Waals surface area contributed by atoms with Crippen LogP contribution in [0.25, 0.3) is 0 Å². The highest BCUT2D eigenvalue weighted by Crippen LogP contribution is 2.17. The molecule has 0 aliphatic heterocycles. The third kappa shape index (κ3) is 4.39. The standard InChI is InChI=1S/C11H16BrClN2/c1-3-10(13)4-5-14-11-8(2)6-9(12)7-15-11/h6-7,10H,3-5H2,1-2H3,(H,14,15). The summed E-state index contributed by atoms with van der Waals surface area (Å²) in [5.41, 5.74) is 1.15. The fraction of sp³-hybridized carbons (Fsp3) is 0.545. The van der Waals surface area contributed by atoms with Crippen LogP contribution in [0.3, 0.4) is 0 Å². The van der Waals surface area contributed by atoms with Crippen molar-refractivity contribution in [1.82, 2.24) is 4.98 Å². The van der Waals surface area contributed by atoms with E-state index in [-0.39, 0.29) is 5.38 Å². The van der Waals surface area contributed by atoms with Crippen LogP contribution in [0.4, 0.5) is 5.82 Å². The molecule has 0 spiro atoms. The molecule has 1 aromatic rings. The molecular weight excluding hydrogens is 275 g/mol. The molecule has 0 aliphatic rings. The van der Waals surface area contributed by atoms with Crippen molar-refractivity contribution in [2.75, 3.05) is 11.9 Å². The van der Waals surface area contributed by atoms with Gasteiger partial charge in [0.2, 0.25) is 0 Å². The number of rotatable bonds is 5. The van der Waals surface area contributed by atoms with Crippen LogP contribution < -0.4 is 5.32 Å². The van der Waals surface area contributed by atoms with Crippen LogP contribution in [0, 0.1) is 6.92 Å². The zero-order chi connectivity index (χ0) is 11.3. The number of aromatic nitrogens is 1. The minimum absolute atomic E-state index is 0.258. The first-order valence-corrected chi connectivity index (χ1v) is 6.36. The van der Waals surface area contributed by atoms with Crippen LogP contribution in [0.15, 0.2) is 16.7 Å². The van der Waals surface area contributed by atoms with E-state index in [2.05, 4.69) is 33.2 Å². The summed E-state index contributed by atoms with van der Waals surface area (Å²) in [4.78, 5) is 4.30. The van der Waals surface area contributed by atoms with E-state index in [0.29, 0.717) is 0 Å². The summed E-state index contributed by atoms with van der Waals surface area (Å²) in [6, 6.07) is 2.05. The van der Waals surface area contributed by atoms with Crippen molar-refractivity contribution in [2.45, 2.75) is 32.1 Å². The second-order valence-corrected chi connectivity index (χ2v) is 5.07. The van der Waals surface area contributed by atoms with Gasteiger partial charge in [-0.3, -0.25) is 0 Å². The Labute approximate surface area is 105 Å². The van der Waals surface area contributed by atoms with Crippen LogP contribution in [0.1, 0.15) is 25.3 Å². The van der Waals surface area contributed by atoms with Gasteiger partial charge in [0.25, 0.3) is 0 Å². The molecule has 0 aromatic carbocycles. The van der Waals surface area contributed by atoms with E-state index in [4.69, 9.17) is 11.6 Å². The van der Waals surface area contributed by atoms with E-state index >= 15 is 0 Å². The number of alkyl halides is 1. The molecule has 1 heterocycles. The second kappa shape index (κ2) is 6.33. The molecule has 4 heteroatoms. The lowest BCUT2D eigenvalue weighted by atomic mass is 10.2. The molecule has 1 atom stereocenters. The van der Waals surface area contributed by atoms with E-state index in [1.807, 2.05) is 13.0 Å². The molecule has 15 heavy (non-hydrogen) atoms. The number of anilines is 1. The smallest absolute Gasteiger partial charge is 0.128 e.